The van der Waals surface area contributed by atoms with Crippen molar-refractivity contribution in [2.45, 2.75) is 0 Å². The molecule has 88 valence electrons. The number of aliphatic carboxylic acids is 1. The van der Waals surface area contributed by atoms with Gasteiger partial charge < -0.3 is 9.84 Å². The first-order valence-corrected chi connectivity index (χ1v) is 6.38. The van der Waals surface area contributed by atoms with Crippen LogP contribution in [0.4, 0.5) is 0 Å². The number of carboxylic acids is 1. The quantitative estimate of drug-likeness (QED) is 0.813. The molecule has 0 spiro atoms. The van der Waals surface area contributed by atoms with Crippen molar-refractivity contribution in [2.24, 2.45) is 0 Å². The van der Waals surface area contributed by atoms with Crippen molar-refractivity contribution in [2.75, 3.05) is 18.1 Å². The van der Waals surface area contributed by atoms with Crippen LogP contribution < -0.4 is 4.74 Å². The zero-order chi connectivity index (χ0) is 12.0. The van der Waals surface area contributed by atoms with E-state index in [1.54, 1.807) is 18.2 Å². The van der Waals surface area contributed by atoms with Crippen molar-refractivity contribution in [1.82, 2.24) is 0 Å². The summed E-state index contributed by atoms with van der Waals surface area (Å²) in [4.78, 5) is 10.2. The predicted octanol–water partition coefficient (Wildman–Crippen LogP) is 3.19. The highest BCUT2D eigenvalue weighted by atomic mass is 35.5. The Kier molecular flexibility index (Phi) is 5.80. The highest BCUT2D eigenvalue weighted by Crippen LogP contribution is 2.27. The molecule has 1 rings (SSSR count). The molecule has 1 N–H and O–H groups in total. The number of carbonyl (C=O) groups is 1. The number of benzene rings is 1. The summed E-state index contributed by atoms with van der Waals surface area (Å²) in [6.45, 7) is 0.416. The average molecular weight is 281 g/mol. The molecule has 1 aromatic rings. The Morgan fingerprint density at radius 2 is 2.19 bits per heavy atom. The summed E-state index contributed by atoms with van der Waals surface area (Å²) < 4.78 is 5.37. The van der Waals surface area contributed by atoms with Crippen LogP contribution in [0.1, 0.15) is 0 Å². The smallest absolute Gasteiger partial charge is 0.313 e. The molecule has 0 aliphatic carbocycles. The Bertz CT molecular complexity index is 371. The monoisotopic (exact) mass is 280 g/mol. The molecule has 0 bridgehead atoms. The van der Waals surface area contributed by atoms with Gasteiger partial charge in [-0.25, -0.2) is 0 Å². The molecule has 0 amide bonds. The van der Waals surface area contributed by atoms with E-state index in [0.29, 0.717) is 28.2 Å². The Morgan fingerprint density at radius 3 is 2.81 bits per heavy atom. The first-order chi connectivity index (χ1) is 7.59. The molecule has 0 radical (unpaired) electrons. The van der Waals surface area contributed by atoms with Crippen molar-refractivity contribution in [3.8, 4) is 5.75 Å². The molecule has 0 saturated heterocycles. The molecule has 0 aliphatic heterocycles. The van der Waals surface area contributed by atoms with Crippen molar-refractivity contribution in [3.63, 3.8) is 0 Å². The van der Waals surface area contributed by atoms with Crippen LogP contribution in [-0.2, 0) is 4.79 Å². The number of hydrogen-bond donors (Lipinski definition) is 1. The second-order valence-corrected chi connectivity index (χ2v) is 4.82. The third-order valence-corrected chi connectivity index (χ3v) is 3.04. The number of carboxylic acid groups (broad SMARTS) is 1. The lowest BCUT2D eigenvalue weighted by molar-refractivity contribution is -0.133. The summed E-state index contributed by atoms with van der Waals surface area (Å²) in [5.41, 5.74) is 0. The van der Waals surface area contributed by atoms with Crippen LogP contribution in [0, 0.1) is 0 Å². The van der Waals surface area contributed by atoms with Gasteiger partial charge in [0.1, 0.15) is 5.75 Å². The second-order valence-electron chi connectivity index (χ2n) is 2.87. The fourth-order valence-corrected chi connectivity index (χ4v) is 1.95. The largest absolute Gasteiger partial charge is 0.491 e. The fraction of sp³-hybridized carbons (Fsp3) is 0.300. The lowest BCUT2D eigenvalue weighted by Gasteiger charge is -2.07. The van der Waals surface area contributed by atoms with Crippen molar-refractivity contribution in [1.29, 1.82) is 0 Å². The van der Waals surface area contributed by atoms with Crippen LogP contribution in [0.5, 0.6) is 5.75 Å². The molecule has 0 saturated carbocycles. The fourth-order valence-electron chi connectivity index (χ4n) is 0.962. The molecule has 1 aromatic carbocycles. The van der Waals surface area contributed by atoms with Gasteiger partial charge in [0.2, 0.25) is 0 Å². The maximum atomic E-state index is 10.2. The molecule has 0 aromatic heterocycles. The van der Waals surface area contributed by atoms with Gasteiger partial charge in [0.15, 0.2) is 0 Å². The minimum atomic E-state index is -0.825. The Morgan fingerprint density at radius 1 is 1.44 bits per heavy atom. The van der Waals surface area contributed by atoms with E-state index in [1.807, 2.05) is 0 Å². The molecule has 0 unspecified atom stereocenters. The maximum Gasteiger partial charge on any atom is 0.313 e. The zero-order valence-corrected chi connectivity index (χ0v) is 10.6. The third kappa shape index (κ3) is 4.96. The van der Waals surface area contributed by atoms with Gasteiger partial charge in [-0.15, -0.1) is 11.8 Å². The summed E-state index contributed by atoms with van der Waals surface area (Å²) in [7, 11) is 0. The van der Waals surface area contributed by atoms with Crippen LogP contribution >= 0.6 is 35.0 Å². The number of thioether (sulfide) groups is 1. The van der Waals surface area contributed by atoms with E-state index in [4.69, 9.17) is 33.0 Å². The van der Waals surface area contributed by atoms with Crippen LogP contribution in [0.25, 0.3) is 0 Å². The Labute approximate surface area is 108 Å². The lowest BCUT2D eigenvalue weighted by atomic mass is 10.3. The van der Waals surface area contributed by atoms with Crippen LogP contribution in [-0.4, -0.2) is 29.2 Å². The van der Waals surface area contributed by atoms with Gasteiger partial charge in [-0.3, -0.25) is 4.79 Å². The summed E-state index contributed by atoms with van der Waals surface area (Å²) >= 11 is 12.9. The van der Waals surface area contributed by atoms with E-state index in [2.05, 4.69) is 0 Å². The molecule has 0 fully saturated rings. The molecular weight excluding hydrogens is 271 g/mol. The van der Waals surface area contributed by atoms with Crippen LogP contribution in [0.15, 0.2) is 18.2 Å². The minimum absolute atomic E-state index is 0.0811. The highest BCUT2D eigenvalue weighted by Gasteiger charge is 2.02. The van der Waals surface area contributed by atoms with Crippen LogP contribution in [0.2, 0.25) is 10.0 Å². The summed E-state index contributed by atoms with van der Waals surface area (Å²) in [5, 5.41) is 9.41. The van der Waals surface area contributed by atoms with Gasteiger partial charge in [0.25, 0.3) is 0 Å². The summed E-state index contributed by atoms with van der Waals surface area (Å²) in [6, 6.07) is 4.97. The van der Waals surface area contributed by atoms with Gasteiger partial charge >= 0.3 is 5.97 Å². The van der Waals surface area contributed by atoms with Gasteiger partial charge in [-0.05, 0) is 18.2 Å². The van der Waals surface area contributed by atoms with Crippen LogP contribution in [0.3, 0.4) is 0 Å². The molecule has 0 atom stereocenters. The SMILES string of the molecule is O=C(O)CSCCOc1ccc(Cl)cc1Cl. The van der Waals surface area contributed by atoms with E-state index < -0.39 is 5.97 Å². The molecule has 16 heavy (non-hydrogen) atoms. The second kappa shape index (κ2) is 6.89. The van der Waals surface area contributed by atoms with Gasteiger partial charge in [0, 0.05) is 10.8 Å². The molecule has 3 nitrogen and oxygen atoms in total. The molecule has 6 heteroatoms. The molecule has 0 heterocycles. The van der Waals surface area contributed by atoms with E-state index in [9.17, 15) is 4.79 Å². The lowest BCUT2D eigenvalue weighted by Crippen LogP contribution is -2.04. The van der Waals surface area contributed by atoms with Gasteiger partial charge in [-0.1, -0.05) is 23.2 Å². The van der Waals surface area contributed by atoms with Crippen molar-refractivity contribution in [3.05, 3.63) is 28.2 Å². The van der Waals surface area contributed by atoms with E-state index in [0.717, 1.165) is 0 Å². The first-order valence-electron chi connectivity index (χ1n) is 4.47. The predicted molar refractivity (Wildman–Crippen MR) is 66.9 cm³/mol. The normalized spacial score (nSPS) is 10.1. The van der Waals surface area contributed by atoms with E-state index in [-0.39, 0.29) is 5.75 Å². The molecular formula is C10H10Cl2O3S. The summed E-state index contributed by atoms with van der Waals surface area (Å²) in [5.74, 6) is 0.416. The standard InChI is InChI=1S/C10H10Cl2O3S/c11-7-1-2-9(8(12)5-7)15-3-4-16-6-10(13)14/h1-2,5H,3-4,6H2,(H,13,14). The average Bonchev–Trinajstić information content (AvgIpc) is 2.20. The van der Waals surface area contributed by atoms with Gasteiger partial charge in [0.05, 0.1) is 17.4 Å². The Hall–Kier alpha value is -0.580. The molecule has 0 aliphatic rings. The van der Waals surface area contributed by atoms with Crippen molar-refractivity contribution >= 4 is 40.9 Å². The number of halogens is 2. The number of rotatable bonds is 6. The zero-order valence-electron chi connectivity index (χ0n) is 8.28. The summed E-state index contributed by atoms with van der Waals surface area (Å²) in [6.07, 6.45) is 0. The van der Waals surface area contributed by atoms with E-state index in [1.165, 1.54) is 11.8 Å². The van der Waals surface area contributed by atoms with E-state index >= 15 is 0 Å². The highest BCUT2D eigenvalue weighted by molar-refractivity contribution is 7.99. The number of hydrogen-bond acceptors (Lipinski definition) is 3. The van der Waals surface area contributed by atoms with Crippen molar-refractivity contribution < 1.29 is 14.6 Å². The van der Waals surface area contributed by atoms with Gasteiger partial charge in [-0.2, -0.15) is 0 Å². The number of ether oxygens (including phenoxy) is 1. The first kappa shape index (κ1) is 13.5. The maximum absolute atomic E-state index is 10.2. The Balaban J connectivity index is 2.29. The minimum Gasteiger partial charge on any atom is -0.491 e. The topological polar surface area (TPSA) is 46.5 Å². The third-order valence-electron chi connectivity index (χ3n) is 1.60.